The summed E-state index contributed by atoms with van der Waals surface area (Å²) in [6.07, 6.45) is 9.06. The van der Waals surface area contributed by atoms with Gasteiger partial charge in [0.25, 0.3) is 0 Å². The second-order valence-corrected chi connectivity index (χ2v) is 4.80. The third kappa shape index (κ3) is 3.18. The Hall–Kier alpha value is -2.29. The van der Waals surface area contributed by atoms with E-state index in [1.54, 1.807) is 18.2 Å². The van der Waals surface area contributed by atoms with Crippen molar-refractivity contribution in [1.82, 2.24) is 0 Å². The van der Waals surface area contributed by atoms with Gasteiger partial charge in [-0.2, -0.15) is 0 Å². The van der Waals surface area contributed by atoms with Crippen LogP contribution in [0.5, 0.6) is 5.75 Å². The fourth-order valence-corrected chi connectivity index (χ4v) is 2.38. The van der Waals surface area contributed by atoms with Crippen LogP contribution in [0.1, 0.15) is 12.0 Å². The molecule has 0 radical (unpaired) electrons. The molecule has 0 spiro atoms. The van der Waals surface area contributed by atoms with Crippen LogP contribution in [0, 0.1) is 11.8 Å². The standard InChI is InChI=1S/C9H10O2.C8H8O/c1-11-9(10)8-5-6-2-3-7(8)4-6;1-2-7-3-5-8(9)6-4-7/h2-3,5-7H,4H2,1H3;2-6,9H,1H2. The molecule has 1 aromatic rings. The maximum absolute atomic E-state index is 11.1. The first-order valence-corrected chi connectivity index (χ1v) is 6.54. The summed E-state index contributed by atoms with van der Waals surface area (Å²) in [6, 6.07) is 6.89. The quantitative estimate of drug-likeness (QED) is 0.662. The van der Waals surface area contributed by atoms with Crippen LogP contribution >= 0.6 is 0 Å². The number of fused-ring (bicyclic) bond motifs is 2. The summed E-state index contributed by atoms with van der Waals surface area (Å²) in [5.41, 5.74) is 1.87. The lowest BCUT2D eigenvalue weighted by molar-refractivity contribution is -0.136. The highest BCUT2D eigenvalue weighted by atomic mass is 16.5. The van der Waals surface area contributed by atoms with Gasteiger partial charge in [-0.05, 0) is 30.0 Å². The molecule has 3 heteroatoms. The molecule has 0 saturated heterocycles. The third-order valence-corrected chi connectivity index (χ3v) is 3.46. The topological polar surface area (TPSA) is 46.5 Å². The van der Waals surface area contributed by atoms with Crippen molar-refractivity contribution in [3.63, 3.8) is 0 Å². The number of benzene rings is 1. The number of hydrogen-bond acceptors (Lipinski definition) is 3. The van der Waals surface area contributed by atoms with E-state index in [-0.39, 0.29) is 5.97 Å². The van der Waals surface area contributed by atoms with Gasteiger partial charge in [0.05, 0.1) is 7.11 Å². The molecule has 3 nitrogen and oxygen atoms in total. The molecule has 0 fully saturated rings. The molecule has 2 aliphatic carbocycles. The first kappa shape index (κ1) is 14.1. The van der Waals surface area contributed by atoms with E-state index >= 15 is 0 Å². The number of esters is 1. The van der Waals surface area contributed by atoms with Crippen LogP contribution < -0.4 is 0 Å². The normalized spacial score (nSPS) is 21.8. The number of allylic oxidation sites excluding steroid dienone is 3. The minimum atomic E-state index is -0.165. The zero-order valence-corrected chi connectivity index (χ0v) is 11.5. The van der Waals surface area contributed by atoms with E-state index in [0.29, 0.717) is 17.6 Å². The highest BCUT2D eigenvalue weighted by Crippen LogP contribution is 2.38. The summed E-state index contributed by atoms with van der Waals surface area (Å²) < 4.78 is 4.65. The van der Waals surface area contributed by atoms with Crippen LogP contribution in [0.3, 0.4) is 0 Å². The zero-order chi connectivity index (χ0) is 14.5. The van der Waals surface area contributed by atoms with E-state index in [1.165, 1.54) is 7.11 Å². The molecule has 20 heavy (non-hydrogen) atoms. The molecule has 2 atom stereocenters. The largest absolute Gasteiger partial charge is 0.508 e. The Morgan fingerprint density at radius 2 is 2.05 bits per heavy atom. The number of methoxy groups -OCH3 is 1. The van der Waals surface area contributed by atoms with Crippen LogP contribution in [0.2, 0.25) is 0 Å². The summed E-state index contributed by atoms with van der Waals surface area (Å²) in [7, 11) is 1.43. The van der Waals surface area contributed by atoms with E-state index < -0.39 is 0 Å². The van der Waals surface area contributed by atoms with E-state index in [0.717, 1.165) is 17.6 Å². The number of aromatic hydroxyl groups is 1. The fraction of sp³-hybridized carbons (Fsp3) is 0.235. The SMILES string of the molecule is C=Cc1ccc(O)cc1.COC(=O)C1=CC2C=CC1C2. The highest BCUT2D eigenvalue weighted by molar-refractivity contribution is 5.90. The smallest absolute Gasteiger partial charge is 0.334 e. The molecule has 2 bridgehead atoms. The number of phenolic OH excluding ortho intramolecular Hbond substituents is 1. The summed E-state index contributed by atoms with van der Waals surface area (Å²) in [4.78, 5) is 11.1. The van der Waals surface area contributed by atoms with Crippen LogP contribution in [0.4, 0.5) is 0 Å². The molecule has 0 saturated carbocycles. The summed E-state index contributed by atoms with van der Waals surface area (Å²) in [5.74, 6) is 0.962. The van der Waals surface area contributed by atoms with Crippen LogP contribution in [-0.4, -0.2) is 18.2 Å². The lowest BCUT2D eigenvalue weighted by atomic mass is 10.0. The second kappa shape index (κ2) is 6.24. The Kier molecular flexibility index (Phi) is 4.41. The minimum Gasteiger partial charge on any atom is -0.508 e. The molecule has 1 aromatic carbocycles. The van der Waals surface area contributed by atoms with Gasteiger partial charge < -0.3 is 9.84 Å². The van der Waals surface area contributed by atoms with Crippen molar-refractivity contribution in [2.75, 3.05) is 7.11 Å². The molecule has 2 aliphatic rings. The predicted molar refractivity (Wildman–Crippen MR) is 79.0 cm³/mol. The van der Waals surface area contributed by atoms with E-state index in [1.807, 2.05) is 18.2 Å². The highest BCUT2D eigenvalue weighted by Gasteiger charge is 2.32. The molecule has 0 amide bonds. The lowest BCUT2D eigenvalue weighted by Gasteiger charge is -2.05. The average Bonchev–Trinajstić information content (AvgIpc) is 3.11. The van der Waals surface area contributed by atoms with Crippen LogP contribution in [0.25, 0.3) is 6.08 Å². The molecule has 2 unspecified atom stereocenters. The van der Waals surface area contributed by atoms with Crippen molar-refractivity contribution >= 4 is 12.0 Å². The fourth-order valence-electron chi connectivity index (χ4n) is 2.38. The van der Waals surface area contributed by atoms with Gasteiger partial charge in [0.1, 0.15) is 5.75 Å². The van der Waals surface area contributed by atoms with Crippen LogP contribution in [-0.2, 0) is 9.53 Å². The van der Waals surface area contributed by atoms with Gasteiger partial charge in [-0.15, -0.1) is 0 Å². The third-order valence-electron chi connectivity index (χ3n) is 3.46. The van der Waals surface area contributed by atoms with Crippen molar-refractivity contribution < 1.29 is 14.6 Å². The lowest BCUT2D eigenvalue weighted by Crippen LogP contribution is -2.09. The Bertz CT molecular complexity index is 552. The predicted octanol–water partition coefficient (Wildman–Crippen LogP) is 3.33. The van der Waals surface area contributed by atoms with Crippen molar-refractivity contribution in [3.05, 3.63) is 60.2 Å². The zero-order valence-electron chi connectivity index (χ0n) is 11.5. The van der Waals surface area contributed by atoms with E-state index in [9.17, 15) is 4.79 Å². The van der Waals surface area contributed by atoms with Crippen molar-refractivity contribution in [1.29, 1.82) is 0 Å². The Balaban J connectivity index is 0.000000151. The number of rotatable bonds is 2. The molecule has 0 aromatic heterocycles. The Morgan fingerprint density at radius 3 is 2.50 bits per heavy atom. The summed E-state index contributed by atoms with van der Waals surface area (Å²) in [6.45, 7) is 3.58. The first-order chi connectivity index (χ1) is 9.63. The summed E-state index contributed by atoms with van der Waals surface area (Å²) in [5, 5.41) is 8.82. The molecular formula is C17H18O3. The Morgan fingerprint density at radius 1 is 1.35 bits per heavy atom. The first-order valence-electron chi connectivity index (χ1n) is 6.54. The monoisotopic (exact) mass is 270 g/mol. The summed E-state index contributed by atoms with van der Waals surface area (Å²) >= 11 is 0. The maximum Gasteiger partial charge on any atom is 0.334 e. The van der Waals surface area contributed by atoms with Crippen molar-refractivity contribution in [2.45, 2.75) is 6.42 Å². The number of phenols is 1. The minimum absolute atomic E-state index is 0.165. The number of carbonyl (C=O) groups excluding carboxylic acids is 1. The van der Waals surface area contributed by atoms with Crippen molar-refractivity contribution in [3.8, 4) is 5.75 Å². The molecule has 0 heterocycles. The van der Waals surface area contributed by atoms with Gasteiger partial charge in [-0.3, -0.25) is 0 Å². The van der Waals surface area contributed by atoms with Crippen LogP contribution in [0.15, 0.2) is 54.6 Å². The Labute approximate surface area is 118 Å². The molecule has 104 valence electrons. The molecule has 3 rings (SSSR count). The molecule has 0 aliphatic heterocycles. The number of ether oxygens (including phenoxy) is 1. The van der Waals surface area contributed by atoms with E-state index in [4.69, 9.17) is 5.11 Å². The van der Waals surface area contributed by atoms with E-state index in [2.05, 4.69) is 23.5 Å². The molecular weight excluding hydrogens is 252 g/mol. The van der Waals surface area contributed by atoms with Gasteiger partial charge in [-0.25, -0.2) is 4.79 Å². The maximum atomic E-state index is 11.1. The molecule has 1 N–H and O–H groups in total. The number of hydrogen-bond donors (Lipinski definition) is 1. The van der Waals surface area contributed by atoms with Crippen molar-refractivity contribution in [2.24, 2.45) is 11.8 Å². The average molecular weight is 270 g/mol. The van der Waals surface area contributed by atoms with Gasteiger partial charge in [0.15, 0.2) is 0 Å². The van der Waals surface area contributed by atoms with Gasteiger partial charge in [-0.1, -0.05) is 43.0 Å². The van der Waals surface area contributed by atoms with Gasteiger partial charge in [0, 0.05) is 11.5 Å². The van der Waals surface area contributed by atoms with Gasteiger partial charge in [0.2, 0.25) is 0 Å². The second-order valence-electron chi connectivity index (χ2n) is 4.80. The number of carbonyl (C=O) groups is 1. The van der Waals surface area contributed by atoms with Gasteiger partial charge >= 0.3 is 5.97 Å².